The summed E-state index contributed by atoms with van der Waals surface area (Å²) in [7, 11) is 0. The van der Waals surface area contributed by atoms with Crippen LogP contribution in [0.2, 0.25) is 0 Å². The Hall–Kier alpha value is -2.70. The minimum absolute atomic E-state index is 0.661. The van der Waals surface area contributed by atoms with E-state index in [0.29, 0.717) is 5.78 Å². The topological polar surface area (TPSA) is 63.7 Å². The van der Waals surface area contributed by atoms with E-state index >= 15 is 0 Å². The Balaban J connectivity index is 1.57. The van der Waals surface area contributed by atoms with Crippen molar-refractivity contribution in [2.45, 2.75) is 6.92 Å². The molecule has 4 heterocycles. The minimum Gasteiger partial charge on any atom is -0.349 e. The second kappa shape index (κ2) is 5.25. The molecule has 1 aliphatic rings. The third-order valence-corrected chi connectivity index (χ3v) is 4.00. The molecule has 3 aromatic rings. The second-order valence-corrected chi connectivity index (χ2v) is 5.45. The molecule has 3 aromatic heterocycles. The van der Waals surface area contributed by atoms with Gasteiger partial charge in [0.05, 0.1) is 19.3 Å². The number of aromatic nitrogens is 5. The predicted octanol–water partition coefficient (Wildman–Crippen LogP) is 0.573. The molecule has 0 aromatic carbocycles. The van der Waals surface area contributed by atoms with Crippen molar-refractivity contribution in [2.24, 2.45) is 0 Å². The third kappa shape index (κ3) is 2.24. The number of rotatable bonds is 2. The maximum absolute atomic E-state index is 4.40. The first-order valence-corrected chi connectivity index (χ1v) is 7.45. The molecule has 4 rings (SSSR count). The highest BCUT2D eigenvalue weighted by molar-refractivity contribution is 5.49. The molecule has 1 fully saturated rings. The highest BCUT2D eigenvalue weighted by Gasteiger charge is 2.25. The van der Waals surface area contributed by atoms with E-state index in [1.165, 1.54) is 5.82 Å². The quantitative estimate of drug-likeness (QED) is 0.692. The summed E-state index contributed by atoms with van der Waals surface area (Å²) in [5.74, 6) is 2.89. The van der Waals surface area contributed by atoms with Gasteiger partial charge in [-0.2, -0.15) is 14.6 Å². The van der Waals surface area contributed by atoms with Gasteiger partial charge in [0.2, 0.25) is 0 Å². The number of fused-ring (bicyclic) bond motifs is 1. The Labute approximate surface area is 128 Å². The number of aryl methyl sites for hydroxylation is 1. The summed E-state index contributed by atoms with van der Waals surface area (Å²) in [6.07, 6.45) is 3.52. The van der Waals surface area contributed by atoms with Crippen molar-refractivity contribution in [3.8, 4) is 0 Å². The second-order valence-electron chi connectivity index (χ2n) is 5.45. The van der Waals surface area contributed by atoms with Crippen LogP contribution in [0, 0.1) is 6.92 Å². The standard InChI is InChI=1S/C15H17N7/c1-12-10-14(22-15(19-12)17-11-18-22)21-8-6-20(7-9-21)13-4-2-3-5-16-13/h2-5,10-11H,6-9H2,1H3/p+1. The first kappa shape index (κ1) is 13.0. The molecule has 7 heteroatoms. The smallest absolute Gasteiger partial charge is 0.274 e. The molecule has 7 nitrogen and oxygen atoms in total. The number of hydrogen-bond acceptors (Lipinski definition) is 5. The summed E-state index contributed by atoms with van der Waals surface area (Å²) in [6.45, 7) is 5.83. The van der Waals surface area contributed by atoms with Gasteiger partial charge in [0.15, 0.2) is 0 Å². The van der Waals surface area contributed by atoms with E-state index < -0.39 is 0 Å². The van der Waals surface area contributed by atoms with Gasteiger partial charge in [-0.15, -0.1) is 0 Å². The molecule has 0 spiro atoms. The normalized spacial score (nSPS) is 15.5. The summed E-state index contributed by atoms with van der Waals surface area (Å²) < 4.78 is 1.82. The number of H-pyrrole nitrogens is 1. The molecule has 0 bridgehead atoms. The van der Waals surface area contributed by atoms with Gasteiger partial charge in [0, 0.05) is 17.8 Å². The maximum Gasteiger partial charge on any atom is 0.274 e. The summed E-state index contributed by atoms with van der Waals surface area (Å²) in [5.41, 5.74) is 0.967. The van der Waals surface area contributed by atoms with Gasteiger partial charge >= 0.3 is 0 Å². The zero-order valence-corrected chi connectivity index (χ0v) is 12.5. The number of nitrogens with zero attached hydrogens (tertiary/aromatic N) is 6. The molecule has 0 atom stereocenters. The van der Waals surface area contributed by atoms with E-state index in [9.17, 15) is 0 Å². The largest absolute Gasteiger partial charge is 0.349 e. The van der Waals surface area contributed by atoms with Gasteiger partial charge in [0.25, 0.3) is 11.6 Å². The van der Waals surface area contributed by atoms with Gasteiger partial charge in [-0.05, 0) is 13.0 Å². The Morgan fingerprint density at radius 2 is 1.91 bits per heavy atom. The Bertz CT molecular complexity index is 775. The zero-order chi connectivity index (χ0) is 14.9. The maximum atomic E-state index is 4.40. The fourth-order valence-corrected chi connectivity index (χ4v) is 2.89. The molecule has 1 aliphatic heterocycles. The van der Waals surface area contributed by atoms with E-state index in [-0.39, 0.29) is 0 Å². The third-order valence-electron chi connectivity index (χ3n) is 4.00. The van der Waals surface area contributed by atoms with Crippen molar-refractivity contribution < 1.29 is 4.98 Å². The van der Waals surface area contributed by atoms with Gasteiger partial charge < -0.3 is 4.90 Å². The molecule has 0 unspecified atom stereocenters. The van der Waals surface area contributed by atoms with Crippen LogP contribution in [0.3, 0.4) is 0 Å². The van der Waals surface area contributed by atoms with Crippen molar-refractivity contribution in [3.05, 3.63) is 42.5 Å². The van der Waals surface area contributed by atoms with Gasteiger partial charge in [0.1, 0.15) is 25.2 Å². The molecule has 1 N–H and O–H groups in total. The molecule has 0 radical (unpaired) electrons. The van der Waals surface area contributed by atoms with Crippen LogP contribution < -0.4 is 14.8 Å². The summed E-state index contributed by atoms with van der Waals surface area (Å²) in [4.78, 5) is 16.6. The van der Waals surface area contributed by atoms with E-state index in [2.05, 4.69) is 48.0 Å². The summed E-state index contributed by atoms with van der Waals surface area (Å²) in [5, 5.41) is 4.29. The van der Waals surface area contributed by atoms with Crippen molar-refractivity contribution >= 4 is 17.4 Å². The first-order valence-electron chi connectivity index (χ1n) is 7.45. The van der Waals surface area contributed by atoms with Gasteiger partial charge in [-0.1, -0.05) is 6.07 Å². The molecule has 0 saturated carbocycles. The SMILES string of the molecule is Cc1cc(N2CCN(c3cccc[nH+]3)CC2)n2ncnc2n1. The molecule has 22 heavy (non-hydrogen) atoms. The van der Waals surface area contributed by atoms with Crippen LogP contribution in [-0.4, -0.2) is 45.8 Å². The van der Waals surface area contributed by atoms with Crippen LogP contribution in [0.5, 0.6) is 0 Å². The summed E-state index contributed by atoms with van der Waals surface area (Å²) >= 11 is 0. The lowest BCUT2D eigenvalue weighted by Gasteiger charge is -2.32. The fraction of sp³-hybridized carbons (Fsp3) is 0.333. The van der Waals surface area contributed by atoms with Crippen LogP contribution in [0.25, 0.3) is 5.78 Å². The number of aromatic amines is 1. The van der Waals surface area contributed by atoms with Crippen LogP contribution in [0.4, 0.5) is 11.6 Å². The summed E-state index contributed by atoms with van der Waals surface area (Å²) in [6, 6.07) is 8.25. The van der Waals surface area contributed by atoms with Crippen LogP contribution in [0.15, 0.2) is 36.8 Å². The van der Waals surface area contributed by atoms with Crippen LogP contribution >= 0.6 is 0 Å². The number of piperazine rings is 1. The van der Waals surface area contributed by atoms with E-state index in [0.717, 1.165) is 37.7 Å². The van der Waals surface area contributed by atoms with Crippen molar-refractivity contribution in [1.29, 1.82) is 0 Å². The first-order chi connectivity index (χ1) is 10.8. The van der Waals surface area contributed by atoms with Crippen molar-refractivity contribution in [1.82, 2.24) is 19.6 Å². The number of pyridine rings is 1. The molecular weight excluding hydrogens is 278 g/mol. The van der Waals surface area contributed by atoms with Gasteiger partial charge in [-0.3, -0.25) is 4.90 Å². The number of hydrogen-bond donors (Lipinski definition) is 0. The molecular formula is C15H18N7+. The Morgan fingerprint density at radius 1 is 1.09 bits per heavy atom. The lowest BCUT2D eigenvalue weighted by atomic mass is 10.3. The van der Waals surface area contributed by atoms with Crippen LogP contribution in [-0.2, 0) is 0 Å². The fourth-order valence-electron chi connectivity index (χ4n) is 2.89. The average Bonchev–Trinajstić information content (AvgIpc) is 3.03. The molecule has 0 amide bonds. The van der Waals surface area contributed by atoms with E-state index in [1.807, 2.05) is 23.7 Å². The lowest BCUT2D eigenvalue weighted by molar-refractivity contribution is -0.364. The van der Waals surface area contributed by atoms with Crippen LogP contribution in [0.1, 0.15) is 5.69 Å². The monoisotopic (exact) mass is 296 g/mol. The van der Waals surface area contributed by atoms with Gasteiger partial charge in [-0.25, -0.2) is 9.97 Å². The van der Waals surface area contributed by atoms with E-state index in [4.69, 9.17) is 0 Å². The zero-order valence-electron chi connectivity index (χ0n) is 12.5. The number of nitrogens with one attached hydrogen (secondary N) is 1. The lowest BCUT2D eigenvalue weighted by Crippen LogP contribution is -2.48. The van der Waals surface area contributed by atoms with Crippen molar-refractivity contribution in [2.75, 3.05) is 36.0 Å². The molecule has 112 valence electrons. The predicted molar refractivity (Wildman–Crippen MR) is 82.9 cm³/mol. The highest BCUT2D eigenvalue weighted by atomic mass is 15.4. The Morgan fingerprint density at radius 3 is 2.68 bits per heavy atom. The number of anilines is 2. The van der Waals surface area contributed by atoms with Crippen molar-refractivity contribution in [3.63, 3.8) is 0 Å². The highest BCUT2D eigenvalue weighted by Crippen LogP contribution is 2.19. The average molecular weight is 296 g/mol. The minimum atomic E-state index is 0.661. The van der Waals surface area contributed by atoms with E-state index in [1.54, 1.807) is 6.33 Å². The molecule has 0 aliphatic carbocycles. The molecule has 1 saturated heterocycles. The Kier molecular flexibility index (Phi) is 3.10.